The zero-order chi connectivity index (χ0) is 17.2. The number of hydrogen-bond acceptors (Lipinski definition) is 3. The molecule has 0 radical (unpaired) electrons. The summed E-state index contributed by atoms with van der Waals surface area (Å²) in [5.74, 6) is -0.880. The Morgan fingerprint density at radius 3 is 2.72 bits per heavy atom. The second-order valence-electron chi connectivity index (χ2n) is 5.60. The number of morpholine rings is 1. The highest BCUT2D eigenvalue weighted by atomic mass is 127. The van der Waals surface area contributed by atoms with Crippen molar-refractivity contribution in [2.75, 3.05) is 52.5 Å². The van der Waals surface area contributed by atoms with Crippen LogP contribution in [0.15, 0.2) is 23.2 Å². The third-order valence-electron chi connectivity index (χ3n) is 3.85. The van der Waals surface area contributed by atoms with Gasteiger partial charge in [-0.05, 0) is 25.0 Å². The zero-order valence-electron chi connectivity index (χ0n) is 14.6. The summed E-state index contributed by atoms with van der Waals surface area (Å²) >= 11 is 0. The van der Waals surface area contributed by atoms with Crippen molar-refractivity contribution >= 4 is 29.9 Å². The summed E-state index contributed by atoms with van der Waals surface area (Å²) in [6.07, 6.45) is 0.400. The lowest BCUT2D eigenvalue weighted by molar-refractivity contribution is 0.0394. The molecule has 0 amide bonds. The molecule has 0 atom stereocenters. The van der Waals surface area contributed by atoms with Gasteiger partial charge in [0, 0.05) is 32.7 Å². The molecule has 25 heavy (non-hydrogen) atoms. The minimum Gasteiger partial charge on any atom is -0.379 e. The van der Waals surface area contributed by atoms with Crippen molar-refractivity contribution < 1.29 is 13.5 Å². The van der Waals surface area contributed by atoms with Crippen LogP contribution < -0.4 is 10.6 Å². The Labute approximate surface area is 165 Å². The Balaban J connectivity index is 0.00000312. The number of rotatable bonds is 7. The molecule has 1 heterocycles. The molecule has 8 heteroatoms. The van der Waals surface area contributed by atoms with Crippen LogP contribution in [0.2, 0.25) is 0 Å². The van der Waals surface area contributed by atoms with Gasteiger partial charge in [0.15, 0.2) is 17.6 Å². The first kappa shape index (κ1) is 22.0. The SMILES string of the molecule is CCNC(=NCCN1CCOCC1)NCCc1cccc(F)c1F.I. The molecular weight excluding hydrogens is 441 g/mol. The molecule has 0 saturated carbocycles. The lowest BCUT2D eigenvalue weighted by Gasteiger charge is -2.25. The minimum absolute atomic E-state index is 0. The molecule has 1 aliphatic heterocycles. The van der Waals surface area contributed by atoms with Crippen LogP contribution in [0.1, 0.15) is 12.5 Å². The molecule has 0 unspecified atom stereocenters. The molecule has 1 fully saturated rings. The van der Waals surface area contributed by atoms with Crippen LogP contribution in [0.4, 0.5) is 8.78 Å². The largest absolute Gasteiger partial charge is 0.379 e. The van der Waals surface area contributed by atoms with Crippen LogP contribution in [0.3, 0.4) is 0 Å². The topological polar surface area (TPSA) is 48.9 Å². The van der Waals surface area contributed by atoms with Crippen molar-refractivity contribution in [2.24, 2.45) is 4.99 Å². The van der Waals surface area contributed by atoms with Crippen LogP contribution in [-0.2, 0) is 11.2 Å². The summed E-state index contributed by atoms with van der Waals surface area (Å²) in [7, 11) is 0. The van der Waals surface area contributed by atoms with Crippen molar-refractivity contribution in [2.45, 2.75) is 13.3 Å². The first-order valence-electron chi connectivity index (χ1n) is 8.46. The van der Waals surface area contributed by atoms with E-state index in [1.54, 1.807) is 6.07 Å². The van der Waals surface area contributed by atoms with Crippen LogP contribution >= 0.6 is 24.0 Å². The highest BCUT2D eigenvalue weighted by Gasteiger charge is 2.10. The molecule has 1 aromatic carbocycles. The highest BCUT2D eigenvalue weighted by molar-refractivity contribution is 14.0. The van der Waals surface area contributed by atoms with Gasteiger partial charge in [0.1, 0.15) is 0 Å². The van der Waals surface area contributed by atoms with E-state index in [4.69, 9.17) is 4.74 Å². The fourth-order valence-corrected chi connectivity index (χ4v) is 2.53. The van der Waals surface area contributed by atoms with E-state index in [1.165, 1.54) is 6.07 Å². The molecule has 1 saturated heterocycles. The van der Waals surface area contributed by atoms with Gasteiger partial charge in [0.05, 0.1) is 19.8 Å². The van der Waals surface area contributed by atoms with Crippen molar-refractivity contribution in [3.05, 3.63) is 35.4 Å². The molecule has 0 aliphatic carbocycles. The van der Waals surface area contributed by atoms with E-state index in [-0.39, 0.29) is 24.0 Å². The van der Waals surface area contributed by atoms with E-state index in [0.29, 0.717) is 31.0 Å². The molecule has 0 bridgehead atoms. The number of hydrogen-bond donors (Lipinski definition) is 2. The number of halogens is 3. The number of nitrogens with zero attached hydrogens (tertiary/aromatic N) is 2. The Kier molecular flexibility index (Phi) is 10.9. The molecule has 0 spiro atoms. The summed E-state index contributed by atoms with van der Waals surface area (Å²) < 4.78 is 32.1. The number of benzene rings is 1. The average molecular weight is 468 g/mol. The monoisotopic (exact) mass is 468 g/mol. The Morgan fingerprint density at radius 1 is 1.24 bits per heavy atom. The van der Waals surface area contributed by atoms with Crippen LogP contribution in [-0.4, -0.2) is 63.3 Å². The van der Waals surface area contributed by atoms with Crippen molar-refractivity contribution in [1.82, 2.24) is 15.5 Å². The van der Waals surface area contributed by atoms with Gasteiger partial charge in [0.25, 0.3) is 0 Å². The predicted molar refractivity (Wildman–Crippen MR) is 107 cm³/mol. The smallest absolute Gasteiger partial charge is 0.191 e. The zero-order valence-corrected chi connectivity index (χ0v) is 16.9. The molecule has 142 valence electrons. The lowest BCUT2D eigenvalue weighted by Crippen LogP contribution is -2.40. The molecule has 5 nitrogen and oxygen atoms in total. The molecular formula is C17H27F2IN4O. The molecule has 2 rings (SSSR count). The van der Waals surface area contributed by atoms with Gasteiger partial charge in [-0.15, -0.1) is 24.0 Å². The summed E-state index contributed by atoms with van der Waals surface area (Å²) in [6, 6.07) is 4.25. The van der Waals surface area contributed by atoms with E-state index in [0.717, 1.165) is 45.5 Å². The van der Waals surface area contributed by atoms with E-state index in [2.05, 4.69) is 20.5 Å². The predicted octanol–water partition coefficient (Wildman–Crippen LogP) is 2.01. The quantitative estimate of drug-likeness (QED) is 0.366. The van der Waals surface area contributed by atoms with Gasteiger partial charge >= 0.3 is 0 Å². The third kappa shape index (κ3) is 7.83. The lowest BCUT2D eigenvalue weighted by atomic mass is 10.1. The van der Waals surface area contributed by atoms with Gasteiger partial charge in [-0.3, -0.25) is 9.89 Å². The van der Waals surface area contributed by atoms with Crippen molar-refractivity contribution in [3.63, 3.8) is 0 Å². The molecule has 1 aliphatic rings. The van der Waals surface area contributed by atoms with E-state index in [1.807, 2.05) is 6.92 Å². The van der Waals surface area contributed by atoms with Gasteiger partial charge in [-0.1, -0.05) is 12.1 Å². The normalized spacial score (nSPS) is 15.6. The van der Waals surface area contributed by atoms with Gasteiger partial charge in [-0.2, -0.15) is 0 Å². The number of aliphatic imine (C=N–C) groups is 1. The highest BCUT2D eigenvalue weighted by Crippen LogP contribution is 2.11. The average Bonchev–Trinajstić information content (AvgIpc) is 2.59. The maximum Gasteiger partial charge on any atom is 0.191 e. The van der Waals surface area contributed by atoms with E-state index < -0.39 is 11.6 Å². The molecule has 1 aromatic rings. The fraction of sp³-hybridized carbons (Fsp3) is 0.588. The minimum atomic E-state index is -0.807. The maximum atomic E-state index is 13.6. The summed E-state index contributed by atoms with van der Waals surface area (Å²) in [6.45, 7) is 8.24. The van der Waals surface area contributed by atoms with Crippen LogP contribution in [0, 0.1) is 11.6 Å². The fourth-order valence-electron chi connectivity index (χ4n) is 2.53. The third-order valence-corrected chi connectivity index (χ3v) is 3.85. The first-order chi connectivity index (χ1) is 11.7. The molecule has 2 N–H and O–H groups in total. The van der Waals surface area contributed by atoms with Crippen molar-refractivity contribution in [3.8, 4) is 0 Å². The van der Waals surface area contributed by atoms with Crippen LogP contribution in [0.25, 0.3) is 0 Å². The Bertz CT molecular complexity index is 539. The summed E-state index contributed by atoms with van der Waals surface area (Å²) in [5, 5.41) is 6.32. The Morgan fingerprint density at radius 2 is 2.00 bits per heavy atom. The Hall–Kier alpha value is -1.00. The van der Waals surface area contributed by atoms with E-state index in [9.17, 15) is 8.78 Å². The van der Waals surface area contributed by atoms with E-state index >= 15 is 0 Å². The first-order valence-corrected chi connectivity index (χ1v) is 8.46. The van der Waals surface area contributed by atoms with Gasteiger partial charge in [-0.25, -0.2) is 8.78 Å². The molecule has 0 aromatic heterocycles. The number of ether oxygens (including phenoxy) is 1. The van der Waals surface area contributed by atoms with Gasteiger partial charge < -0.3 is 15.4 Å². The van der Waals surface area contributed by atoms with Crippen molar-refractivity contribution in [1.29, 1.82) is 0 Å². The second-order valence-corrected chi connectivity index (χ2v) is 5.60. The maximum absolute atomic E-state index is 13.6. The second kappa shape index (κ2) is 12.4. The van der Waals surface area contributed by atoms with Crippen LogP contribution in [0.5, 0.6) is 0 Å². The standard InChI is InChI=1S/C17H26F2N4O.HI/c1-2-20-17(22-8-9-23-10-12-24-13-11-23)21-7-6-14-4-3-5-15(18)16(14)19;/h3-5H,2,6-13H2,1H3,(H2,20,21,22);1H. The number of nitrogens with one attached hydrogen (secondary N) is 2. The number of guanidine groups is 1. The van der Waals surface area contributed by atoms with Gasteiger partial charge in [0.2, 0.25) is 0 Å². The summed E-state index contributed by atoms with van der Waals surface area (Å²) in [4.78, 5) is 6.84. The summed E-state index contributed by atoms with van der Waals surface area (Å²) in [5.41, 5.74) is 0.367.